The highest BCUT2D eigenvalue weighted by molar-refractivity contribution is 7.09. The van der Waals surface area contributed by atoms with Crippen LogP contribution in [0.4, 0.5) is 15.8 Å². The number of amides is 3. The largest absolute Gasteiger partial charge is 0.497 e. The van der Waals surface area contributed by atoms with E-state index in [0.29, 0.717) is 17.0 Å². The van der Waals surface area contributed by atoms with Gasteiger partial charge >= 0.3 is 0 Å². The van der Waals surface area contributed by atoms with Gasteiger partial charge in [0.1, 0.15) is 22.5 Å². The second kappa shape index (κ2) is 11.4. The van der Waals surface area contributed by atoms with E-state index in [0.717, 1.165) is 43.6 Å². The van der Waals surface area contributed by atoms with Crippen molar-refractivity contribution >= 4 is 40.6 Å². The van der Waals surface area contributed by atoms with Gasteiger partial charge in [-0.05, 0) is 66.3 Å². The fourth-order valence-electron chi connectivity index (χ4n) is 4.45. The monoisotopic (exact) mass is 525 g/mol. The molecule has 0 radical (unpaired) electrons. The molecule has 37 heavy (non-hydrogen) atoms. The standard InChI is InChI=1S/C26H28FN5O4S/c1-36-19-13-11-18(12-14-19)32(26(35)23-20(28)21(24(29)33)31-37-23)22(15-7-9-16(27)10-8-15)25(34)30-17-5-3-2-4-6-17/h7-14,17,22H,2-6,28H2,1H3,(H2,29,33)(H,30,34)/t22-/m0/s1. The van der Waals surface area contributed by atoms with E-state index in [9.17, 15) is 18.8 Å². The molecule has 11 heteroatoms. The Morgan fingerprint density at radius 3 is 2.30 bits per heavy atom. The van der Waals surface area contributed by atoms with Crippen molar-refractivity contribution in [3.05, 3.63) is 70.5 Å². The van der Waals surface area contributed by atoms with Crippen molar-refractivity contribution < 1.29 is 23.5 Å². The summed E-state index contributed by atoms with van der Waals surface area (Å²) in [5, 5.41) is 3.08. The first-order valence-electron chi connectivity index (χ1n) is 11.9. The zero-order chi connectivity index (χ0) is 26.5. The lowest BCUT2D eigenvalue weighted by atomic mass is 9.94. The van der Waals surface area contributed by atoms with Crippen molar-refractivity contribution in [2.24, 2.45) is 5.73 Å². The number of primary amides is 1. The Bertz CT molecular complexity index is 1270. The summed E-state index contributed by atoms with van der Waals surface area (Å²) in [4.78, 5) is 40.8. The second-order valence-corrected chi connectivity index (χ2v) is 9.58. The van der Waals surface area contributed by atoms with E-state index in [4.69, 9.17) is 16.2 Å². The third-order valence-corrected chi connectivity index (χ3v) is 7.22. The van der Waals surface area contributed by atoms with E-state index in [2.05, 4.69) is 9.69 Å². The molecule has 3 aromatic rings. The molecule has 194 valence electrons. The Hall–Kier alpha value is -3.99. The van der Waals surface area contributed by atoms with Gasteiger partial charge in [0, 0.05) is 11.7 Å². The number of carbonyl (C=O) groups is 3. The van der Waals surface area contributed by atoms with Crippen LogP contribution in [0.5, 0.6) is 5.75 Å². The van der Waals surface area contributed by atoms with Gasteiger partial charge in [0.2, 0.25) is 5.91 Å². The zero-order valence-electron chi connectivity index (χ0n) is 20.3. The number of methoxy groups -OCH3 is 1. The summed E-state index contributed by atoms with van der Waals surface area (Å²) in [6.45, 7) is 0. The van der Waals surface area contributed by atoms with Gasteiger partial charge < -0.3 is 21.5 Å². The number of nitrogens with two attached hydrogens (primary N) is 2. The SMILES string of the molecule is COc1ccc(N(C(=O)c2snc(C(N)=O)c2N)[C@H](C(=O)NC2CCCCC2)c2ccc(F)cc2)cc1. The van der Waals surface area contributed by atoms with Crippen LogP contribution < -0.4 is 26.4 Å². The Morgan fingerprint density at radius 2 is 1.73 bits per heavy atom. The second-order valence-electron chi connectivity index (χ2n) is 8.81. The van der Waals surface area contributed by atoms with Crippen LogP contribution in [0.15, 0.2) is 48.5 Å². The minimum atomic E-state index is -1.16. The van der Waals surface area contributed by atoms with Gasteiger partial charge in [-0.2, -0.15) is 4.37 Å². The van der Waals surface area contributed by atoms with Crippen molar-refractivity contribution in [1.29, 1.82) is 0 Å². The van der Waals surface area contributed by atoms with Crippen LogP contribution in [0.1, 0.15) is 63.9 Å². The van der Waals surface area contributed by atoms with Gasteiger partial charge in [0.15, 0.2) is 5.69 Å². The molecule has 0 saturated heterocycles. The average Bonchev–Trinajstić information content (AvgIpc) is 3.29. The van der Waals surface area contributed by atoms with Crippen molar-refractivity contribution in [2.75, 3.05) is 17.7 Å². The molecule has 0 bridgehead atoms. The number of aromatic nitrogens is 1. The number of hydrogen-bond donors (Lipinski definition) is 3. The third-order valence-electron chi connectivity index (χ3n) is 6.37. The molecule has 1 aliphatic rings. The van der Waals surface area contributed by atoms with E-state index < -0.39 is 29.6 Å². The molecule has 1 saturated carbocycles. The summed E-state index contributed by atoms with van der Waals surface area (Å²) in [6, 6.07) is 10.8. The highest BCUT2D eigenvalue weighted by Crippen LogP contribution is 2.34. The zero-order valence-corrected chi connectivity index (χ0v) is 21.1. The topological polar surface area (TPSA) is 141 Å². The number of benzene rings is 2. The van der Waals surface area contributed by atoms with Crippen LogP contribution in [0.2, 0.25) is 0 Å². The lowest BCUT2D eigenvalue weighted by molar-refractivity contribution is -0.123. The first kappa shape index (κ1) is 26.1. The molecule has 0 unspecified atom stereocenters. The van der Waals surface area contributed by atoms with Crippen LogP contribution in [0.3, 0.4) is 0 Å². The number of rotatable bonds is 8. The van der Waals surface area contributed by atoms with Gasteiger partial charge in [0.05, 0.1) is 12.8 Å². The molecule has 2 aromatic carbocycles. The summed E-state index contributed by atoms with van der Waals surface area (Å²) in [6.07, 6.45) is 4.78. The van der Waals surface area contributed by atoms with E-state index in [1.807, 2.05) is 0 Å². The molecule has 0 spiro atoms. The summed E-state index contributed by atoms with van der Waals surface area (Å²) >= 11 is 0.722. The quantitative estimate of drug-likeness (QED) is 0.408. The molecule has 5 N–H and O–H groups in total. The number of nitrogens with zero attached hydrogens (tertiary/aromatic N) is 2. The molecule has 1 heterocycles. The molecule has 1 atom stereocenters. The first-order chi connectivity index (χ1) is 17.8. The van der Waals surface area contributed by atoms with Crippen molar-refractivity contribution in [3.63, 3.8) is 0 Å². The van der Waals surface area contributed by atoms with Gasteiger partial charge in [-0.1, -0.05) is 31.4 Å². The molecule has 3 amide bonds. The summed E-state index contributed by atoms with van der Waals surface area (Å²) in [7, 11) is 1.51. The number of carbonyl (C=O) groups excluding carboxylic acids is 3. The van der Waals surface area contributed by atoms with Crippen molar-refractivity contribution in [3.8, 4) is 5.75 Å². The maximum Gasteiger partial charge on any atom is 0.273 e. The van der Waals surface area contributed by atoms with Crippen LogP contribution in [0, 0.1) is 5.82 Å². The number of nitrogen functional groups attached to an aromatic ring is 1. The van der Waals surface area contributed by atoms with Crippen LogP contribution in [-0.2, 0) is 4.79 Å². The fraction of sp³-hybridized carbons (Fsp3) is 0.308. The normalized spacial score (nSPS) is 14.5. The molecule has 1 aromatic heterocycles. The molecule has 9 nitrogen and oxygen atoms in total. The molecular weight excluding hydrogens is 497 g/mol. The minimum Gasteiger partial charge on any atom is -0.497 e. The van der Waals surface area contributed by atoms with Gasteiger partial charge in [-0.15, -0.1) is 0 Å². The predicted octanol–water partition coefficient (Wildman–Crippen LogP) is 3.81. The number of hydrogen-bond acceptors (Lipinski definition) is 7. The van der Waals surface area contributed by atoms with Gasteiger partial charge in [-0.25, -0.2) is 4.39 Å². The first-order valence-corrected chi connectivity index (χ1v) is 12.7. The van der Waals surface area contributed by atoms with E-state index in [1.54, 1.807) is 24.3 Å². The summed E-state index contributed by atoms with van der Waals surface area (Å²) in [5.74, 6) is -1.86. The van der Waals surface area contributed by atoms with Gasteiger partial charge in [0.25, 0.3) is 11.8 Å². The Morgan fingerprint density at radius 1 is 1.08 bits per heavy atom. The lowest BCUT2D eigenvalue weighted by Crippen LogP contribution is -2.47. The average molecular weight is 526 g/mol. The Balaban J connectivity index is 1.83. The number of nitrogens with one attached hydrogen (secondary N) is 1. The molecular formula is C26H28FN5O4S. The molecule has 0 aliphatic heterocycles. The highest BCUT2D eigenvalue weighted by Gasteiger charge is 2.37. The van der Waals surface area contributed by atoms with Crippen LogP contribution in [-0.4, -0.2) is 35.2 Å². The highest BCUT2D eigenvalue weighted by atomic mass is 32.1. The Labute approximate surface area is 217 Å². The van der Waals surface area contributed by atoms with Gasteiger partial charge in [-0.3, -0.25) is 19.3 Å². The van der Waals surface area contributed by atoms with E-state index in [-0.39, 0.29) is 22.3 Å². The summed E-state index contributed by atoms with van der Waals surface area (Å²) < 4.78 is 23.0. The van der Waals surface area contributed by atoms with Crippen molar-refractivity contribution in [1.82, 2.24) is 9.69 Å². The van der Waals surface area contributed by atoms with E-state index >= 15 is 0 Å². The minimum absolute atomic E-state index is 0.0352. The number of anilines is 2. The molecule has 4 rings (SSSR count). The lowest BCUT2D eigenvalue weighted by Gasteiger charge is -2.33. The number of halogens is 1. The smallest absolute Gasteiger partial charge is 0.273 e. The van der Waals surface area contributed by atoms with Crippen molar-refractivity contribution in [2.45, 2.75) is 44.2 Å². The van der Waals surface area contributed by atoms with E-state index in [1.165, 1.54) is 36.3 Å². The maximum atomic E-state index is 14.0. The predicted molar refractivity (Wildman–Crippen MR) is 139 cm³/mol. The fourth-order valence-corrected chi connectivity index (χ4v) is 5.20. The third kappa shape index (κ3) is 5.72. The summed E-state index contributed by atoms with van der Waals surface area (Å²) in [5.41, 5.74) is 11.8. The molecule has 1 aliphatic carbocycles. The number of ether oxygens (including phenoxy) is 1. The maximum absolute atomic E-state index is 14.0. The van der Waals surface area contributed by atoms with Crippen LogP contribution >= 0.6 is 11.5 Å². The Kier molecular flexibility index (Phi) is 8.02. The molecule has 1 fully saturated rings. The van der Waals surface area contributed by atoms with Crippen LogP contribution in [0.25, 0.3) is 0 Å².